The lowest BCUT2D eigenvalue weighted by atomic mass is 9.82. The number of anilines is 1. The number of halogens is 1. The van der Waals surface area contributed by atoms with Gasteiger partial charge in [-0.25, -0.2) is 0 Å². The first kappa shape index (κ1) is 12.6. The van der Waals surface area contributed by atoms with Crippen molar-refractivity contribution in [2.24, 2.45) is 5.92 Å². The molecule has 1 aliphatic carbocycles. The van der Waals surface area contributed by atoms with Gasteiger partial charge in [0.25, 0.3) is 0 Å². The number of aliphatic hydroxyl groups is 1. The smallest absolute Gasteiger partial charge is 0.151 e. The summed E-state index contributed by atoms with van der Waals surface area (Å²) in [4.78, 5) is 12.9. The second-order valence-corrected chi connectivity index (χ2v) is 5.55. The van der Waals surface area contributed by atoms with Gasteiger partial charge in [0, 0.05) is 29.3 Å². The molecule has 2 rings (SSSR count). The molecule has 1 aliphatic rings. The summed E-state index contributed by atoms with van der Waals surface area (Å²) in [6.45, 7) is 0.948. The lowest BCUT2D eigenvalue weighted by molar-refractivity contribution is 0.0465. The van der Waals surface area contributed by atoms with Crippen LogP contribution in [0.15, 0.2) is 22.7 Å². The molecule has 0 atom stereocenters. The normalized spacial score (nSPS) is 23.0. The lowest BCUT2D eigenvalue weighted by Crippen LogP contribution is -2.37. The first-order valence-electron chi connectivity index (χ1n) is 5.74. The molecular formula is C13H16BrNO2. The van der Waals surface area contributed by atoms with Gasteiger partial charge in [-0.1, -0.05) is 0 Å². The van der Waals surface area contributed by atoms with E-state index in [1.54, 1.807) is 0 Å². The zero-order chi connectivity index (χ0) is 12.4. The van der Waals surface area contributed by atoms with Crippen LogP contribution in [0.1, 0.15) is 23.2 Å². The predicted octanol–water partition coefficient (Wildman–Crippen LogP) is 2.47. The molecule has 0 radical (unpaired) electrons. The van der Waals surface area contributed by atoms with Crippen molar-refractivity contribution in [3.8, 4) is 0 Å². The van der Waals surface area contributed by atoms with Gasteiger partial charge in [0.15, 0.2) is 6.29 Å². The third kappa shape index (κ3) is 2.87. The third-order valence-corrected chi connectivity index (χ3v) is 3.98. The summed E-state index contributed by atoms with van der Waals surface area (Å²) < 4.78 is 0.825. The number of aldehydes is 1. The van der Waals surface area contributed by atoms with Gasteiger partial charge in [-0.3, -0.25) is 4.79 Å². The van der Waals surface area contributed by atoms with E-state index in [0.29, 0.717) is 11.5 Å². The average Bonchev–Trinajstić information content (AvgIpc) is 2.26. The molecule has 0 unspecified atom stereocenters. The van der Waals surface area contributed by atoms with Crippen LogP contribution >= 0.6 is 15.9 Å². The zero-order valence-corrected chi connectivity index (χ0v) is 11.4. The Kier molecular flexibility index (Phi) is 3.84. The van der Waals surface area contributed by atoms with Crippen molar-refractivity contribution in [1.82, 2.24) is 0 Å². The minimum atomic E-state index is -0.0995. The van der Waals surface area contributed by atoms with Gasteiger partial charge in [0.1, 0.15) is 0 Å². The highest BCUT2D eigenvalue weighted by Crippen LogP contribution is 2.30. The van der Waals surface area contributed by atoms with Crippen LogP contribution in [0.3, 0.4) is 0 Å². The molecule has 1 saturated carbocycles. The van der Waals surface area contributed by atoms with E-state index in [0.717, 1.165) is 35.8 Å². The van der Waals surface area contributed by atoms with E-state index in [2.05, 4.69) is 20.8 Å². The molecule has 3 nitrogen and oxygen atoms in total. The highest BCUT2D eigenvalue weighted by molar-refractivity contribution is 9.10. The molecule has 92 valence electrons. The molecule has 1 aromatic rings. The van der Waals surface area contributed by atoms with Crippen molar-refractivity contribution in [3.05, 3.63) is 28.2 Å². The Bertz CT molecular complexity index is 416. The number of rotatable bonds is 4. The molecule has 0 aromatic heterocycles. The van der Waals surface area contributed by atoms with Crippen molar-refractivity contribution in [2.75, 3.05) is 18.5 Å². The number of aliphatic hydroxyl groups excluding tert-OH is 1. The fourth-order valence-electron chi connectivity index (χ4n) is 2.19. The Morgan fingerprint density at radius 2 is 2.24 bits per heavy atom. The number of carbonyl (C=O) groups is 1. The number of nitrogens with zero attached hydrogens (tertiary/aromatic N) is 1. The van der Waals surface area contributed by atoms with E-state index in [1.807, 2.05) is 25.2 Å². The van der Waals surface area contributed by atoms with E-state index >= 15 is 0 Å². The Morgan fingerprint density at radius 3 is 2.76 bits per heavy atom. The fraction of sp³-hybridized carbons (Fsp3) is 0.462. The molecule has 0 spiro atoms. The summed E-state index contributed by atoms with van der Waals surface area (Å²) in [5.41, 5.74) is 1.75. The van der Waals surface area contributed by atoms with Crippen LogP contribution in [0, 0.1) is 5.92 Å². The van der Waals surface area contributed by atoms with E-state index in [1.165, 1.54) is 0 Å². The SMILES string of the molecule is CN(CC1CC(O)C1)c1ccc(C=O)c(Br)c1. The van der Waals surface area contributed by atoms with Crippen molar-refractivity contribution >= 4 is 27.9 Å². The number of hydrogen-bond acceptors (Lipinski definition) is 3. The molecule has 1 fully saturated rings. The van der Waals surface area contributed by atoms with E-state index in [-0.39, 0.29) is 6.10 Å². The molecule has 0 bridgehead atoms. The summed E-state index contributed by atoms with van der Waals surface area (Å²) >= 11 is 3.38. The molecule has 17 heavy (non-hydrogen) atoms. The Labute approximate surface area is 110 Å². The number of hydrogen-bond donors (Lipinski definition) is 1. The maximum atomic E-state index is 10.7. The van der Waals surface area contributed by atoms with Crippen LogP contribution in [0.5, 0.6) is 0 Å². The summed E-state index contributed by atoms with van der Waals surface area (Å²) in [6.07, 6.45) is 2.55. The molecule has 0 amide bonds. The molecule has 0 heterocycles. The summed E-state index contributed by atoms with van der Waals surface area (Å²) in [6, 6.07) is 5.72. The Morgan fingerprint density at radius 1 is 1.53 bits per heavy atom. The molecule has 4 heteroatoms. The average molecular weight is 298 g/mol. The van der Waals surface area contributed by atoms with Gasteiger partial charge in [0.05, 0.1) is 6.10 Å². The minimum absolute atomic E-state index is 0.0995. The molecule has 0 saturated heterocycles. The van der Waals surface area contributed by atoms with E-state index < -0.39 is 0 Å². The van der Waals surface area contributed by atoms with Gasteiger partial charge >= 0.3 is 0 Å². The first-order chi connectivity index (χ1) is 8.10. The minimum Gasteiger partial charge on any atom is -0.393 e. The maximum Gasteiger partial charge on any atom is 0.151 e. The fourth-order valence-corrected chi connectivity index (χ4v) is 2.65. The van der Waals surface area contributed by atoms with Gasteiger partial charge < -0.3 is 10.0 Å². The predicted molar refractivity (Wildman–Crippen MR) is 71.5 cm³/mol. The van der Waals surface area contributed by atoms with Crippen LogP contribution in [-0.4, -0.2) is 31.1 Å². The maximum absolute atomic E-state index is 10.7. The van der Waals surface area contributed by atoms with Gasteiger partial charge in [0.2, 0.25) is 0 Å². The monoisotopic (exact) mass is 297 g/mol. The lowest BCUT2D eigenvalue weighted by Gasteiger charge is -2.35. The number of benzene rings is 1. The van der Waals surface area contributed by atoms with Crippen molar-refractivity contribution < 1.29 is 9.90 Å². The quantitative estimate of drug-likeness (QED) is 0.868. The van der Waals surface area contributed by atoms with Crippen LogP contribution in [0.2, 0.25) is 0 Å². The zero-order valence-electron chi connectivity index (χ0n) is 9.77. The van der Waals surface area contributed by atoms with Crippen LogP contribution < -0.4 is 4.90 Å². The van der Waals surface area contributed by atoms with Crippen LogP contribution in [0.25, 0.3) is 0 Å². The molecular weight excluding hydrogens is 282 g/mol. The van der Waals surface area contributed by atoms with E-state index in [9.17, 15) is 9.90 Å². The van der Waals surface area contributed by atoms with Gasteiger partial charge in [-0.05, 0) is 52.9 Å². The van der Waals surface area contributed by atoms with Gasteiger partial charge in [-0.2, -0.15) is 0 Å². The van der Waals surface area contributed by atoms with Crippen molar-refractivity contribution in [2.45, 2.75) is 18.9 Å². The second kappa shape index (κ2) is 5.19. The van der Waals surface area contributed by atoms with Crippen LogP contribution in [-0.2, 0) is 0 Å². The summed E-state index contributed by atoms with van der Waals surface area (Å²) in [5.74, 6) is 0.583. The first-order valence-corrected chi connectivity index (χ1v) is 6.53. The number of carbonyl (C=O) groups excluding carboxylic acids is 1. The van der Waals surface area contributed by atoms with Crippen molar-refractivity contribution in [1.29, 1.82) is 0 Å². The highest BCUT2D eigenvalue weighted by atomic mass is 79.9. The Balaban J connectivity index is 2.01. The topological polar surface area (TPSA) is 40.5 Å². The summed E-state index contributed by atoms with van der Waals surface area (Å²) in [7, 11) is 2.03. The largest absolute Gasteiger partial charge is 0.393 e. The standard InChI is InChI=1S/C13H16BrNO2/c1-15(7-9-4-12(17)5-9)11-3-2-10(8-16)13(14)6-11/h2-3,6,8-9,12,17H,4-5,7H2,1H3. The summed E-state index contributed by atoms with van der Waals surface area (Å²) in [5, 5.41) is 9.25. The van der Waals surface area contributed by atoms with Crippen LogP contribution in [0.4, 0.5) is 5.69 Å². The van der Waals surface area contributed by atoms with Gasteiger partial charge in [-0.15, -0.1) is 0 Å². The van der Waals surface area contributed by atoms with E-state index in [4.69, 9.17) is 0 Å². The van der Waals surface area contributed by atoms with Crippen molar-refractivity contribution in [3.63, 3.8) is 0 Å². The Hall–Kier alpha value is -0.870. The molecule has 0 aliphatic heterocycles. The highest BCUT2D eigenvalue weighted by Gasteiger charge is 2.28. The second-order valence-electron chi connectivity index (χ2n) is 4.70. The third-order valence-electron chi connectivity index (χ3n) is 3.29. The molecule has 1 N–H and O–H groups in total. The molecule has 1 aromatic carbocycles.